The van der Waals surface area contributed by atoms with Crippen LogP contribution >= 0.6 is 0 Å². The van der Waals surface area contributed by atoms with Gasteiger partial charge in [-0.25, -0.2) is 4.79 Å². The zero-order valence-electron chi connectivity index (χ0n) is 11.2. The molecule has 0 spiro atoms. The molecule has 0 saturated carbocycles. The molecule has 0 unspecified atom stereocenters. The Morgan fingerprint density at radius 2 is 2.21 bits per heavy atom. The SMILES string of the molecule is C/C=C1/c2[nH]c3ccccc3c2CCN1C(=O)NC. The number of carbonyl (C=O) groups excluding carboxylic acids is 1. The molecule has 1 aromatic carbocycles. The third-order valence-corrected chi connectivity index (χ3v) is 3.68. The molecule has 0 bridgehead atoms. The van der Waals surface area contributed by atoms with Gasteiger partial charge in [0.1, 0.15) is 0 Å². The Balaban J connectivity index is 2.16. The first kappa shape index (κ1) is 11.8. The van der Waals surface area contributed by atoms with Crippen molar-refractivity contribution in [3.8, 4) is 0 Å². The second-order valence-corrected chi connectivity index (χ2v) is 4.65. The lowest BCUT2D eigenvalue weighted by Crippen LogP contribution is -2.40. The van der Waals surface area contributed by atoms with Crippen LogP contribution in [0.5, 0.6) is 0 Å². The quantitative estimate of drug-likeness (QED) is 0.747. The molecule has 1 aromatic heterocycles. The third-order valence-electron chi connectivity index (χ3n) is 3.68. The van der Waals surface area contributed by atoms with Crippen molar-refractivity contribution in [1.82, 2.24) is 15.2 Å². The Morgan fingerprint density at radius 3 is 2.95 bits per heavy atom. The van der Waals surface area contributed by atoms with Crippen molar-refractivity contribution in [1.29, 1.82) is 0 Å². The summed E-state index contributed by atoms with van der Waals surface area (Å²) in [7, 11) is 1.66. The predicted molar refractivity (Wildman–Crippen MR) is 76.8 cm³/mol. The maximum Gasteiger partial charge on any atom is 0.321 e. The molecule has 0 fully saturated rings. The number of hydrogen-bond acceptors (Lipinski definition) is 1. The molecule has 1 aliphatic rings. The van der Waals surface area contributed by atoms with Crippen molar-refractivity contribution in [3.63, 3.8) is 0 Å². The maximum absolute atomic E-state index is 11.9. The molecule has 0 saturated heterocycles. The number of aromatic amines is 1. The van der Waals surface area contributed by atoms with Crippen molar-refractivity contribution in [2.45, 2.75) is 13.3 Å². The first-order chi connectivity index (χ1) is 9.26. The van der Waals surface area contributed by atoms with E-state index in [-0.39, 0.29) is 6.03 Å². The van der Waals surface area contributed by atoms with Gasteiger partial charge in [0.25, 0.3) is 0 Å². The summed E-state index contributed by atoms with van der Waals surface area (Å²) >= 11 is 0. The number of nitrogens with one attached hydrogen (secondary N) is 2. The van der Waals surface area contributed by atoms with Gasteiger partial charge >= 0.3 is 6.03 Å². The molecule has 0 aliphatic carbocycles. The van der Waals surface area contributed by atoms with Gasteiger partial charge < -0.3 is 10.3 Å². The van der Waals surface area contributed by atoms with Gasteiger partial charge in [-0.05, 0) is 25.0 Å². The molecule has 2 heterocycles. The van der Waals surface area contributed by atoms with E-state index in [1.54, 1.807) is 11.9 Å². The molecule has 4 heteroatoms. The van der Waals surface area contributed by atoms with Crippen LogP contribution in [-0.2, 0) is 6.42 Å². The predicted octanol–water partition coefficient (Wildman–Crippen LogP) is 2.73. The second kappa shape index (κ2) is 4.46. The van der Waals surface area contributed by atoms with Crippen molar-refractivity contribution in [3.05, 3.63) is 41.6 Å². The van der Waals surface area contributed by atoms with Crippen LogP contribution in [0.25, 0.3) is 16.6 Å². The van der Waals surface area contributed by atoms with Crippen molar-refractivity contribution in [2.75, 3.05) is 13.6 Å². The number of urea groups is 1. The van der Waals surface area contributed by atoms with Crippen LogP contribution in [0.3, 0.4) is 0 Å². The standard InChI is InChI=1S/C15H17N3O/c1-3-13-14-11(8-9-18(13)15(19)16-2)10-6-4-5-7-12(10)17-14/h3-7,17H,8-9H2,1-2H3,(H,16,19)/b13-3-. The lowest BCUT2D eigenvalue weighted by atomic mass is 10.0. The summed E-state index contributed by atoms with van der Waals surface area (Å²) in [6.45, 7) is 2.68. The Labute approximate surface area is 112 Å². The van der Waals surface area contributed by atoms with E-state index in [1.165, 1.54) is 10.9 Å². The lowest BCUT2D eigenvalue weighted by Gasteiger charge is -2.29. The largest absolute Gasteiger partial charge is 0.353 e. The minimum absolute atomic E-state index is 0.0580. The molecular formula is C15H17N3O. The maximum atomic E-state index is 11.9. The van der Waals surface area contributed by atoms with Crippen LogP contribution in [-0.4, -0.2) is 29.5 Å². The highest BCUT2D eigenvalue weighted by Gasteiger charge is 2.27. The molecule has 2 aromatic rings. The molecule has 0 atom stereocenters. The van der Waals surface area contributed by atoms with Gasteiger partial charge in [0.15, 0.2) is 0 Å². The minimum Gasteiger partial charge on any atom is -0.353 e. The van der Waals surface area contributed by atoms with E-state index in [2.05, 4.69) is 28.5 Å². The number of rotatable bonds is 0. The van der Waals surface area contributed by atoms with Crippen LogP contribution in [0, 0.1) is 0 Å². The topological polar surface area (TPSA) is 48.1 Å². The van der Waals surface area contributed by atoms with Crippen LogP contribution in [0.15, 0.2) is 30.3 Å². The van der Waals surface area contributed by atoms with Crippen LogP contribution in [0.1, 0.15) is 18.2 Å². The number of hydrogen-bond donors (Lipinski definition) is 2. The Bertz CT molecular complexity index is 669. The fourth-order valence-corrected chi connectivity index (χ4v) is 2.80. The molecule has 98 valence electrons. The highest BCUT2D eigenvalue weighted by molar-refractivity contribution is 5.93. The summed E-state index contributed by atoms with van der Waals surface area (Å²) in [5, 5.41) is 3.95. The highest BCUT2D eigenvalue weighted by Crippen LogP contribution is 2.33. The molecule has 2 amide bonds. The zero-order chi connectivity index (χ0) is 13.4. The molecule has 1 aliphatic heterocycles. The summed E-state index contributed by atoms with van der Waals surface area (Å²) in [5.74, 6) is 0. The number of fused-ring (bicyclic) bond motifs is 3. The Hall–Kier alpha value is -2.23. The Kier molecular flexibility index (Phi) is 2.78. The van der Waals surface area contributed by atoms with Gasteiger partial charge in [0, 0.05) is 24.5 Å². The number of para-hydroxylation sites is 1. The summed E-state index contributed by atoms with van der Waals surface area (Å²) in [4.78, 5) is 17.1. The average molecular weight is 255 g/mol. The van der Waals surface area contributed by atoms with E-state index < -0.39 is 0 Å². The summed E-state index contributed by atoms with van der Waals surface area (Å²) in [5.41, 5.74) is 4.46. The third kappa shape index (κ3) is 1.71. The average Bonchev–Trinajstić information content (AvgIpc) is 2.84. The number of benzene rings is 1. The minimum atomic E-state index is -0.0580. The van der Waals surface area contributed by atoms with Crippen molar-refractivity contribution in [2.24, 2.45) is 0 Å². The normalized spacial score (nSPS) is 16.7. The molecule has 4 nitrogen and oxygen atoms in total. The molecule has 3 rings (SSSR count). The van der Waals surface area contributed by atoms with Crippen LogP contribution in [0.2, 0.25) is 0 Å². The van der Waals surface area contributed by atoms with Gasteiger partial charge in [-0.15, -0.1) is 0 Å². The summed E-state index contributed by atoms with van der Waals surface area (Å²) in [6, 6.07) is 8.23. The monoisotopic (exact) mass is 255 g/mol. The van der Waals surface area contributed by atoms with Crippen molar-refractivity contribution < 1.29 is 4.79 Å². The number of amides is 2. The fraction of sp³-hybridized carbons (Fsp3) is 0.267. The summed E-state index contributed by atoms with van der Waals surface area (Å²) < 4.78 is 0. The number of aromatic nitrogens is 1. The fourth-order valence-electron chi connectivity index (χ4n) is 2.80. The van der Waals surface area contributed by atoms with Gasteiger partial charge in [-0.1, -0.05) is 24.3 Å². The van der Waals surface area contributed by atoms with E-state index in [0.717, 1.165) is 23.3 Å². The van der Waals surface area contributed by atoms with Gasteiger partial charge in [-0.2, -0.15) is 0 Å². The smallest absolute Gasteiger partial charge is 0.321 e. The second-order valence-electron chi connectivity index (χ2n) is 4.65. The van der Waals surface area contributed by atoms with Gasteiger partial charge in [0.05, 0.1) is 11.4 Å². The summed E-state index contributed by atoms with van der Waals surface area (Å²) in [6.07, 6.45) is 2.87. The highest BCUT2D eigenvalue weighted by atomic mass is 16.2. The van der Waals surface area contributed by atoms with E-state index in [9.17, 15) is 4.79 Å². The van der Waals surface area contributed by atoms with E-state index in [1.807, 2.05) is 19.1 Å². The van der Waals surface area contributed by atoms with Crippen LogP contribution in [0.4, 0.5) is 4.79 Å². The molecular weight excluding hydrogens is 238 g/mol. The number of allylic oxidation sites excluding steroid dienone is 1. The molecule has 2 N–H and O–H groups in total. The van der Waals surface area contributed by atoms with E-state index in [4.69, 9.17) is 0 Å². The van der Waals surface area contributed by atoms with Gasteiger partial charge in [0.2, 0.25) is 0 Å². The first-order valence-electron chi connectivity index (χ1n) is 6.51. The van der Waals surface area contributed by atoms with E-state index in [0.29, 0.717) is 6.54 Å². The molecule has 19 heavy (non-hydrogen) atoms. The lowest BCUT2D eigenvalue weighted by molar-refractivity contribution is 0.219. The first-order valence-corrected chi connectivity index (χ1v) is 6.51. The number of H-pyrrole nitrogens is 1. The zero-order valence-corrected chi connectivity index (χ0v) is 11.2. The van der Waals surface area contributed by atoms with Crippen molar-refractivity contribution >= 4 is 22.6 Å². The van der Waals surface area contributed by atoms with Gasteiger partial charge in [-0.3, -0.25) is 4.90 Å². The Morgan fingerprint density at radius 1 is 1.42 bits per heavy atom. The number of nitrogens with zero attached hydrogens (tertiary/aromatic N) is 1. The van der Waals surface area contributed by atoms with Crippen LogP contribution < -0.4 is 5.32 Å². The van der Waals surface area contributed by atoms with E-state index >= 15 is 0 Å². The number of carbonyl (C=O) groups is 1. The molecule has 0 radical (unpaired) electrons.